The Bertz CT molecular complexity index is 207. The van der Waals surface area contributed by atoms with Gasteiger partial charge in [0.1, 0.15) is 0 Å². The summed E-state index contributed by atoms with van der Waals surface area (Å²) in [6.45, 7) is 1.08. The van der Waals surface area contributed by atoms with Crippen LogP contribution in [0, 0.1) is 0 Å². The summed E-state index contributed by atoms with van der Waals surface area (Å²) in [6.07, 6.45) is 0. The van der Waals surface area contributed by atoms with E-state index in [-0.39, 0.29) is 0 Å². The van der Waals surface area contributed by atoms with E-state index in [4.69, 9.17) is 5.14 Å². The Morgan fingerprint density at radius 2 is 1.64 bits per heavy atom. The summed E-state index contributed by atoms with van der Waals surface area (Å²) in [6, 6.07) is 0. The van der Waals surface area contributed by atoms with Crippen molar-refractivity contribution in [2.45, 2.75) is 0 Å². The lowest BCUT2D eigenvalue weighted by molar-refractivity contribution is 0.452. The van der Waals surface area contributed by atoms with Gasteiger partial charge in [-0.05, 0) is 0 Å². The molecule has 1 rings (SSSR count). The van der Waals surface area contributed by atoms with E-state index in [0.29, 0.717) is 13.1 Å². The molecular formula is C4H10N2O2S3. The van der Waals surface area contributed by atoms with E-state index >= 15 is 0 Å². The molecule has 7 heteroatoms. The summed E-state index contributed by atoms with van der Waals surface area (Å²) in [7, 11) is -0.0613. The Morgan fingerprint density at radius 1 is 1.18 bits per heavy atom. The van der Waals surface area contributed by atoms with Crippen LogP contribution in [0.25, 0.3) is 0 Å². The molecular weight excluding hydrogens is 204 g/mol. The van der Waals surface area contributed by atoms with Gasteiger partial charge in [-0.25, -0.2) is 5.14 Å². The Kier molecular flexibility index (Phi) is 3.51. The van der Waals surface area contributed by atoms with Crippen molar-refractivity contribution >= 4 is 31.8 Å². The van der Waals surface area contributed by atoms with E-state index in [1.165, 1.54) is 4.31 Å². The number of nitrogens with two attached hydrogens (primary N) is 1. The molecule has 1 heterocycles. The van der Waals surface area contributed by atoms with E-state index < -0.39 is 10.2 Å². The molecule has 0 amide bonds. The first-order chi connectivity index (χ1) is 5.11. The van der Waals surface area contributed by atoms with E-state index in [1.807, 2.05) is 0 Å². The minimum Gasteiger partial charge on any atom is -0.216 e. The van der Waals surface area contributed by atoms with Crippen molar-refractivity contribution in [3.63, 3.8) is 0 Å². The second-order valence-electron chi connectivity index (χ2n) is 2.09. The van der Waals surface area contributed by atoms with Gasteiger partial charge >= 0.3 is 0 Å². The summed E-state index contributed by atoms with van der Waals surface area (Å²) in [4.78, 5) is 0. The van der Waals surface area contributed by atoms with Crippen molar-refractivity contribution in [1.82, 2.24) is 4.31 Å². The highest BCUT2D eigenvalue weighted by molar-refractivity contribution is 8.76. The monoisotopic (exact) mass is 214 g/mol. The van der Waals surface area contributed by atoms with Crippen molar-refractivity contribution in [1.29, 1.82) is 0 Å². The van der Waals surface area contributed by atoms with Gasteiger partial charge in [-0.2, -0.15) is 12.7 Å². The Morgan fingerprint density at radius 3 is 2.00 bits per heavy atom. The first-order valence-corrected chi connectivity index (χ1v) is 7.12. The average Bonchev–Trinajstić information content (AvgIpc) is 2.10. The highest BCUT2D eigenvalue weighted by Gasteiger charge is 2.18. The highest BCUT2D eigenvalue weighted by atomic mass is 33.1. The summed E-state index contributed by atoms with van der Waals surface area (Å²) in [5.41, 5.74) is 0. The zero-order valence-electron chi connectivity index (χ0n) is 5.89. The zero-order valence-corrected chi connectivity index (χ0v) is 8.34. The molecule has 0 unspecified atom stereocenters. The van der Waals surface area contributed by atoms with Gasteiger partial charge in [0.25, 0.3) is 10.2 Å². The molecule has 0 aromatic carbocycles. The fourth-order valence-corrected chi connectivity index (χ4v) is 3.66. The molecule has 0 saturated carbocycles. The largest absolute Gasteiger partial charge is 0.276 e. The third kappa shape index (κ3) is 3.20. The molecule has 1 saturated heterocycles. The van der Waals surface area contributed by atoms with Crippen LogP contribution in [0.3, 0.4) is 0 Å². The van der Waals surface area contributed by atoms with Gasteiger partial charge in [-0.1, -0.05) is 21.6 Å². The number of nitrogens with zero attached hydrogens (tertiary/aromatic N) is 1. The van der Waals surface area contributed by atoms with Crippen molar-refractivity contribution in [2.75, 3.05) is 24.6 Å². The molecule has 0 aromatic heterocycles. The molecule has 1 aliphatic heterocycles. The van der Waals surface area contributed by atoms with E-state index in [2.05, 4.69) is 0 Å². The molecule has 1 fully saturated rings. The van der Waals surface area contributed by atoms with E-state index in [1.54, 1.807) is 21.6 Å². The molecule has 66 valence electrons. The molecule has 1 aliphatic rings. The van der Waals surface area contributed by atoms with Crippen molar-refractivity contribution in [2.24, 2.45) is 5.14 Å². The van der Waals surface area contributed by atoms with Crippen LogP contribution < -0.4 is 5.14 Å². The number of hydrogen-bond donors (Lipinski definition) is 1. The van der Waals surface area contributed by atoms with Crippen molar-refractivity contribution in [3.05, 3.63) is 0 Å². The summed E-state index contributed by atoms with van der Waals surface area (Å²) >= 11 is 0. The highest BCUT2D eigenvalue weighted by Crippen LogP contribution is 2.24. The van der Waals surface area contributed by atoms with E-state index in [9.17, 15) is 8.42 Å². The lowest BCUT2D eigenvalue weighted by Crippen LogP contribution is -2.38. The second-order valence-corrected chi connectivity index (χ2v) is 6.34. The van der Waals surface area contributed by atoms with Gasteiger partial charge < -0.3 is 0 Å². The lowest BCUT2D eigenvalue weighted by Gasteiger charge is -2.14. The zero-order chi connectivity index (χ0) is 8.32. The maximum absolute atomic E-state index is 10.8. The van der Waals surface area contributed by atoms with Crippen LogP contribution in [-0.2, 0) is 10.2 Å². The predicted molar refractivity (Wildman–Crippen MR) is 49.6 cm³/mol. The van der Waals surface area contributed by atoms with Gasteiger partial charge in [0, 0.05) is 24.6 Å². The SMILES string of the molecule is NS(=O)(=O)N1CCSSCC1. The third-order valence-electron chi connectivity index (χ3n) is 1.29. The first kappa shape index (κ1) is 9.66. The molecule has 0 radical (unpaired) electrons. The summed E-state index contributed by atoms with van der Waals surface area (Å²) < 4.78 is 23.0. The smallest absolute Gasteiger partial charge is 0.216 e. The van der Waals surface area contributed by atoms with Gasteiger partial charge in [-0.3, -0.25) is 0 Å². The third-order valence-corrected chi connectivity index (χ3v) is 4.74. The van der Waals surface area contributed by atoms with Crippen LogP contribution in [0.2, 0.25) is 0 Å². The Hall–Kier alpha value is 0.570. The quantitative estimate of drug-likeness (QED) is 0.619. The van der Waals surface area contributed by atoms with Crippen LogP contribution in [0.15, 0.2) is 0 Å². The molecule has 4 nitrogen and oxygen atoms in total. The van der Waals surface area contributed by atoms with Crippen LogP contribution >= 0.6 is 21.6 Å². The predicted octanol–water partition coefficient (Wildman–Crippen LogP) is -0.113. The molecule has 0 aliphatic carbocycles. The molecule has 0 spiro atoms. The fourth-order valence-electron chi connectivity index (χ4n) is 0.762. The summed E-state index contributed by atoms with van der Waals surface area (Å²) in [5, 5.41) is 4.96. The molecule has 0 aromatic rings. The Balaban J connectivity index is 2.57. The van der Waals surface area contributed by atoms with Crippen molar-refractivity contribution < 1.29 is 8.42 Å². The summed E-state index contributed by atoms with van der Waals surface area (Å²) in [5.74, 6) is 1.64. The molecule has 0 bridgehead atoms. The second kappa shape index (κ2) is 3.99. The molecule has 2 N–H and O–H groups in total. The van der Waals surface area contributed by atoms with Gasteiger partial charge in [-0.15, -0.1) is 0 Å². The van der Waals surface area contributed by atoms with Gasteiger partial charge in [0.15, 0.2) is 0 Å². The topological polar surface area (TPSA) is 63.4 Å². The molecule has 11 heavy (non-hydrogen) atoms. The normalized spacial score (nSPS) is 23.0. The fraction of sp³-hybridized carbons (Fsp3) is 1.00. The molecule has 0 atom stereocenters. The maximum atomic E-state index is 10.8. The maximum Gasteiger partial charge on any atom is 0.276 e. The van der Waals surface area contributed by atoms with Crippen LogP contribution in [0.4, 0.5) is 0 Å². The van der Waals surface area contributed by atoms with Gasteiger partial charge in [0.05, 0.1) is 0 Å². The number of rotatable bonds is 1. The van der Waals surface area contributed by atoms with Crippen LogP contribution in [0.5, 0.6) is 0 Å². The van der Waals surface area contributed by atoms with Gasteiger partial charge in [0.2, 0.25) is 0 Å². The number of hydrogen-bond acceptors (Lipinski definition) is 4. The van der Waals surface area contributed by atoms with Crippen LogP contribution in [0.1, 0.15) is 0 Å². The average molecular weight is 214 g/mol. The lowest BCUT2D eigenvalue weighted by atomic mass is 10.6. The standard InChI is InChI=1S/C4H10N2O2S3/c5-11(7,8)6-1-3-9-10-4-2-6/h1-4H2,(H2,5,7,8). The minimum atomic E-state index is -3.44. The minimum absolute atomic E-state index is 0.538. The van der Waals surface area contributed by atoms with Crippen molar-refractivity contribution in [3.8, 4) is 0 Å². The first-order valence-electron chi connectivity index (χ1n) is 3.13. The van der Waals surface area contributed by atoms with E-state index in [0.717, 1.165) is 11.5 Å². The Labute approximate surface area is 74.5 Å². The van der Waals surface area contributed by atoms with Crippen LogP contribution in [-0.4, -0.2) is 37.3 Å².